The monoisotopic (exact) mass is 285 g/mol. The number of aryl methyl sites for hydroxylation is 2. The first-order valence-corrected chi connectivity index (χ1v) is 7.20. The Labute approximate surface area is 124 Å². The summed E-state index contributed by atoms with van der Waals surface area (Å²) in [5.74, 6) is -0.641. The van der Waals surface area contributed by atoms with Crippen LogP contribution in [0, 0.1) is 12.7 Å². The van der Waals surface area contributed by atoms with Crippen LogP contribution in [-0.4, -0.2) is 5.78 Å². The molecular formula is C18H20FNO. The molecule has 0 amide bonds. The summed E-state index contributed by atoms with van der Waals surface area (Å²) in [6.45, 7) is 5.75. The summed E-state index contributed by atoms with van der Waals surface area (Å²) in [4.78, 5) is 12.5. The van der Waals surface area contributed by atoms with Crippen LogP contribution in [0.1, 0.15) is 46.5 Å². The minimum atomic E-state index is -0.445. The van der Waals surface area contributed by atoms with Crippen LogP contribution in [0.5, 0.6) is 0 Å². The van der Waals surface area contributed by atoms with Crippen LogP contribution in [-0.2, 0) is 12.8 Å². The Morgan fingerprint density at radius 1 is 1.05 bits per heavy atom. The zero-order valence-corrected chi connectivity index (χ0v) is 12.7. The molecule has 110 valence electrons. The number of anilines is 1. The Kier molecular flexibility index (Phi) is 4.41. The van der Waals surface area contributed by atoms with Gasteiger partial charge in [-0.05, 0) is 49.1 Å². The van der Waals surface area contributed by atoms with E-state index in [0.717, 1.165) is 18.4 Å². The first kappa shape index (κ1) is 15.2. The lowest BCUT2D eigenvalue weighted by Crippen LogP contribution is -2.06. The summed E-state index contributed by atoms with van der Waals surface area (Å²) in [7, 11) is 0. The van der Waals surface area contributed by atoms with Gasteiger partial charge in [0.1, 0.15) is 5.82 Å². The summed E-state index contributed by atoms with van der Waals surface area (Å²) in [6, 6.07) is 8.47. The van der Waals surface area contributed by atoms with Gasteiger partial charge >= 0.3 is 0 Å². The molecule has 0 fully saturated rings. The zero-order valence-electron chi connectivity index (χ0n) is 12.7. The summed E-state index contributed by atoms with van der Waals surface area (Å²) in [5, 5.41) is 0. The second-order valence-corrected chi connectivity index (χ2v) is 5.19. The van der Waals surface area contributed by atoms with E-state index >= 15 is 0 Å². The second-order valence-electron chi connectivity index (χ2n) is 5.19. The molecule has 21 heavy (non-hydrogen) atoms. The number of carbonyl (C=O) groups is 1. The highest BCUT2D eigenvalue weighted by molar-refractivity contribution is 6.09. The molecule has 2 nitrogen and oxygen atoms in total. The zero-order chi connectivity index (χ0) is 15.6. The van der Waals surface area contributed by atoms with Gasteiger partial charge in [0.2, 0.25) is 0 Å². The Morgan fingerprint density at radius 3 is 2.29 bits per heavy atom. The molecule has 0 bridgehead atoms. The predicted molar refractivity (Wildman–Crippen MR) is 84.2 cm³/mol. The van der Waals surface area contributed by atoms with Crippen LogP contribution in [0.15, 0.2) is 30.3 Å². The molecule has 0 aliphatic rings. The van der Waals surface area contributed by atoms with E-state index in [1.165, 1.54) is 11.6 Å². The number of benzene rings is 2. The van der Waals surface area contributed by atoms with E-state index in [4.69, 9.17) is 5.73 Å². The Bertz CT molecular complexity index is 669. The summed E-state index contributed by atoms with van der Waals surface area (Å²) >= 11 is 0. The van der Waals surface area contributed by atoms with Crippen molar-refractivity contribution in [1.82, 2.24) is 0 Å². The van der Waals surface area contributed by atoms with Crippen molar-refractivity contribution in [3.63, 3.8) is 0 Å². The SMILES string of the molecule is CCc1ccc(C(=O)c2cc(N)c(C)c(F)c2)cc1CC. The maximum Gasteiger partial charge on any atom is 0.193 e. The molecular weight excluding hydrogens is 265 g/mol. The van der Waals surface area contributed by atoms with Crippen molar-refractivity contribution in [1.29, 1.82) is 0 Å². The van der Waals surface area contributed by atoms with Gasteiger partial charge in [-0.2, -0.15) is 0 Å². The Morgan fingerprint density at radius 2 is 1.71 bits per heavy atom. The van der Waals surface area contributed by atoms with E-state index in [9.17, 15) is 9.18 Å². The van der Waals surface area contributed by atoms with Crippen LogP contribution >= 0.6 is 0 Å². The van der Waals surface area contributed by atoms with Gasteiger partial charge < -0.3 is 5.73 Å². The quantitative estimate of drug-likeness (QED) is 0.679. The van der Waals surface area contributed by atoms with Crippen molar-refractivity contribution in [2.75, 3.05) is 5.73 Å². The number of nitrogens with two attached hydrogens (primary N) is 1. The van der Waals surface area contributed by atoms with E-state index in [-0.39, 0.29) is 5.78 Å². The van der Waals surface area contributed by atoms with E-state index in [2.05, 4.69) is 13.8 Å². The highest BCUT2D eigenvalue weighted by atomic mass is 19.1. The minimum Gasteiger partial charge on any atom is -0.398 e. The standard InChI is InChI=1S/C18H20FNO/c1-4-12-6-7-14(8-13(12)5-2)18(21)15-9-16(19)11(3)17(20)10-15/h6-10H,4-5,20H2,1-3H3. The highest BCUT2D eigenvalue weighted by Gasteiger charge is 2.14. The molecule has 0 heterocycles. The summed E-state index contributed by atoms with van der Waals surface area (Å²) in [5.41, 5.74) is 9.69. The van der Waals surface area contributed by atoms with Gasteiger partial charge in [0.25, 0.3) is 0 Å². The fraction of sp³-hybridized carbons (Fsp3) is 0.278. The van der Waals surface area contributed by atoms with Gasteiger partial charge in [-0.1, -0.05) is 26.0 Å². The number of halogens is 1. The van der Waals surface area contributed by atoms with Gasteiger partial charge in [0.05, 0.1) is 0 Å². The van der Waals surface area contributed by atoms with Crippen molar-refractivity contribution >= 4 is 11.5 Å². The van der Waals surface area contributed by atoms with Crippen molar-refractivity contribution in [3.05, 3.63) is 64.0 Å². The predicted octanol–water partition coefficient (Wildman–Crippen LogP) is 4.07. The molecule has 0 aliphatic heterocycles. The fourth-order valence-corrected chi connectivity index (χ4v) is 2.44. The maximum absolute atomic E-state index is 13.7. The molecule has 2 aromatic rings. The molecule has 0 atom stereocenters. The van der Waals surface area contributed by atoms with Gasteiger partial charge in [-0.25, -0.2) is 4.39 Å². The molecule has 0 unspecified atom stereocenters. The van der Waals surface area contributed by atoms with Gasteiger partial charge in [0, 0.05) is 22.4 Å². The third-order valence-electron chi connectivity index (χ3n) is 3.88. The molecule has 2 N–H and O–H groups in total. The fourth-order valence-electron chi connectivity index (χ4n) is 2.44. The highest BCUT2D eigenvalue weighted by Crippen LogP contribution is 2.21. The van der Waals surface area contributed by atoms with Crippen molar-refractivity contribution in [2.45, 2.75) is 33.6 Å². The lowest BCUT2D eigenvalue weighted by atomic mass is 9.95. The van der Waals surface area contributed by atoms with Gasteiger partial charge in [-0.15, -0.1) is 0 Å². The maximum atomic E-state index is 13.7. The Balaban J connectivity index is 2.45. The van der Waals surface area contributed by atoms with Crippen molar-refractivity contribution in [2.24, 2.45) is 0 Å². The number of rotatable bonds is 4. The van der Waals surface area contributed by atoms with Crippen LogP contribution in [0.25, 0.3) is 0 Å². The summed E-state index contributed by atoms with van der Waals surface area (Å²) < 4.78 is 13.7. The number of carbonyl (C=O) groups excluding carboxylic acids is 1. The molecule has 2 rings (SSSR count). The van der Waals surface area contributed by atoms with E-state index < -0.39 is 5.82 Å². The largest absolute Gasteiger partial charge is 0.398 e. The molecule has 0 radical (unpaired) electrons. The molecule has 0 aliphatic carbocycles. The minimum absolute atomic E-state index is 0.196. The molecule has 0 spiro atoms. The van der Waals surface area contributed by atoms with Crippen LogP contribution in [0.3, 0.4) is 0 Å². The van der Waals surface area contributed by atoms with E-state index in [1.807, 2.05) is 12.1 Å². The number of hydrogen-bond donors (Lipinski definition) is 1. The van der Waals surface area contributed by atoms with Crippen LogP contribution in [0.4, 0.5) is 10.1 Å². The first-order chi connectivity index (χ1) is 9.97. The average Bonchev–Trinajstić information content (AvgIpc) is 2.50. The molecule has 0 saturated heterocycles. The molecule has 0 saturated carbocycles. The number of ketones is 1. The van der Waals surface area contributed by atoms with Gasteiger partial charge in [-0.3, -0.25) is 4.79 Å². The van der Waals surface area contributed by atoms with E-state index in [1.54, 1.807) is 19.1 Å². The third-order valence-corrected chi connectivity index (χ3v) is 3.88. The molecule has 3 heteroatoms. The molecule has 2 aromatic carbocycles. The van der Waals surface area contributed by atoms with Crippen LogP contribution in [0.2, 0.25) is 0 Å². The first-order valence-electron chi connectivity index (χ1n) is 7.20. The average molecular weight is 285 g/mol. The summed E-state index contributed by atoms with van der Waals surface area (Å²) in [6.07, 6.45) is 1.80. The smallest absolute Gasteiger partial charge is 0.193 e. The second kappa shape index (κ2) is 6.08. The van der Waals surface area contributed by atoms with Crippen molar-refractivity contribution in [3.8, 4) is 0 Å². The lowest BCUT2D eigenvalue weighted by Gasteiger charge is -2.10. The third kappa shape index (κ3) is 2.97. The molecule has 0 aromatic heterocycles. The van der Waals surface area contributed by atoms with Gasteiger partial charge in [0.15, 0.2) is 5.78 Å². The topological polar surface area (TPSA) is 43.1 Å². The number of hydrogen-bond acceptors (Lipinski definition) is 2. The van der Waals surface area contributed by atoms with Crippen molar-refractivity contribution < 1.29 is 9.18 Å². The Hall–Kier alpha value is -2.16. The number of nitrogen functional groups attached to an aromatic ring is 1. The lowest BCUT2D eigenvalue weighted by molar-refractivity contribution is 0.103. The van der Waals surface area contributed by atoms with E-state index in [0.29, 0.717) is 22.4 Å². The normalized spacial score (nSPS) is 10.7. The van der Waals surface area contributed by atoms with Crippen LogP contribution < -0.4 is 5.73 Å².